The summed E-state index contributed by atoms with van der Waals surface area (Å²) in [6.45, 7) is 2.33. The summed E-state index contributed by atoms with van der Waals surface area (Å²) in [7, 11) is 0. The molecule has 0 radical (unpaired) electrons. The molecule has 1 amide bonds. The van der Waals surface area contributed by atoms with E-state index < -0.39 is 5.60 Å². The molecule has 0 saturated carbocycles. The Hall–Kier alpha value is -1.39. The molecule has 1 saturated heterocycles. The number of aliphatic hydroxyl groups is 1. The van der Waals surface area contributed by atoms with Gasteiger partial charge in [0, 0.05) is 19.6 Å². The first kappa shape index (κ1) is 10.7. The number of carbonyl (C=O) groups excluding carboxylic acids is 1. The van der Waals surface area contributed by atoms with Gasteiger partial charge in [0.15, 0.2) is 5.60 Å². The lowest BCUT2D eigenvalue weighted by atomic mass is 10.0. The van der Waals surface area contributed by atoms with E-state index in [-0.39, 0.29) is 5.91 Å². The van der Waals surface area contributed by atoms with Crippen molar-refractivity contribution in [2.24, 2.45) is 0 Å². The molecule has 3 rings (SSSR count). The maximum Gasteiger partial charge on any atom is 0.256 e. The number of fused-ring (bicyclic) bond motifs is 1. The lowest BCUT2D eigenvalue weighted by molar-refractivity contribution is -0.150. The van der Waals surface area contributed by atoms with Crippen molar-refractivity contribution < 1.29 is 9.90 Å². The molecule has 90 valence electrons. The van der Waals surface area contributed by atoms with Crippen molar-refractivity contribution in [3.63, 3.8) is 0 Å². The average molecular weight is 232 g/mol. The van der Waals surface area contributed by atoms with Gasteiger partial charge >= 0.3 is 0 Å². The fraction of sp³-hybridized carbons (Fsp3) is 0.462. The molecule has 4 nitrogen and oxygen atoms in total. The number of amides is 1. The summed E-state index contributed by atoms with van der Waals surface area (Å²) < 4.78 is 0. The van der Waals surface area contributed by atoms with E-state index in [0.29, 0.717) is 32.6 Å². The number of rotatable bonds is 1. The molecule has 1 aromatic rings. The normalized spacial score (nSPS) is 27.2. The van der Waals surface area contributed by atoms with Crippen LogP contribution in [-0.2, 0) is 17.9 Å². The fourth-order valence-electron chi connectivity index (χ4n) is 2.63. The third-order valence-corrected chi connectivity index (χ3v) is 3.66. The summed E-state index contributed by atoms with van der Waals surface area (Å²) in [6, 6.07) is 8.05. The second-order valence-electron chi connectivity index (χ2n) is 4.89. The first-order valence-electron chi connectivity index (χ1n) is 5.98. The summed E-state index contributed by atoms with van der Waals surface area (Å²) in [6.07, 6.45) is 0.513. The van der Waals surface area contributed by atoms with Gasteiger partial charge < -0.3 is 15.3 Å². The van der Waals surface area contributed by atoms with Gasteiger partial charge in [0.05, 0.1) is 0 Å². The molecule has 1 aromatic carbocycles. The summed E-state index contributed by atoms with van der Waals surface area (Å²) in [5.41, 5.74) is 1.19. The lowest BCUT2D eigenvalue weighted by Crippen LogP contribution is -2.48. The SMILES string of the molecule is O=C(N1Cc2ccccc2C1)C1(O)CCNC1. The smallest absolute Gasteiger partial charge is 0.256 e. The second-order valence-corrected chi connectivity index (χ2v) is 4.89. The van der Waals surface area contributed by atoms with Crippen LogP contribution in [0, 0.1) is 0 Å². The van der Waals surface area contributed by atoms with Crippen molar-refractivity contribution >= 4 is 5.91 Å². The van der Waals surface area contributed by atoms with E-state index in [1.807, 2.05) is 24.3 Å². The zero-order valence-electron chi connectivity index (χ0n) is 9.65. The molecule has 4 heteroatoms. The first-order chi connectivity index (χ1) is 8.19. The van der Waals surface area contributed by atoms with Gasteiger partial charge in [-0.25, -0.2) is 0 Å². The van der Waals surface area contributed by atoms with Crippen LogP contribution in [0.1, 0.15) is 17.5 Å². The number of nitrogens with zero attached hydrogens (tertiary/aromatic N) is 1. The molecule has 0 aromatic heterocycles. The predicted octanol–water partition coefficient (Wildman–Crippen LogP) is 0.253. The van der Waals surface area contributed by atoms with Crippen molar-refractivity contribution in [3.8, 4) is 0 Å². The van der Waals surface area contributed by atoms with Gasteiger partial charge in [0.25, 0.3) is 5.91 Å². The van der Waals surface area contributed by atoms with E-state index in [2.05, 4.69) is 5.32 Å². The van der Waals surface area contributed by atoms with Gasteiger partial charge in [-0.3, -0.25) is 4.79 Å². The number of carbonyl (C=O) groups is 1. The van der Waals surface area contributed by atoms with E-state index in [0.717, 1.165) is 0 Å². The van der Waals surface area contributed by atoms with E-state index >= 15 is 0 Å². The Balaban J connectivity index is 1.78. The quantitative estimate of drug-likeness (QED) is 0.730. The summed E-state index contributed by atoms with van der Waals surface area (Å²) in [5, 5.41) is 13.3. The first-order valence-corrected chi connectivity index (χ1v) is 5.98. The van der Waals surface area contributed by atoms with E-state index in [4.69, 9.17) is 0 Å². The van der Waals surface area contributed by atoms with Gasteiger partial charge in [0.1, 0.15) is 0 Å². The van der Waals surface area contributed by atoms with Gasteiger partial charge in [-0.2, -0.15) is 0 Å². The van der Waals surface area contributed by atoms with Crippen molar-refractivity contribution in [2.75, 3.05) is 13.1 Å². The van der Waals surface area contributed by atoms with Gasteiger partial charge in [-0.1, -0.05) is 24.3 Å². The van der Waals surface area contributed by atoms with Crippen molar-refractivity contribution in [2.45, 2.75) is 25.1 Å². The molecule has 2 aliphatic rings. The molecule has 17 heavy (non-hydrogen) atoms. The Morgan fingerprint density at radius 1 is 1.29 bits per heavy atom. The van der Waals surface area contributed by atoms with Crippen LogP contribution in [0.3, 0.4) is 0 Å². The minimum atomic E-state index is -1.19. The molecule has 1 atom stereocenters. The number of hydrogen-bond donors (Lipinski definition) is 2. The highest BCUT2D eigenvalue weighted by Gasteiger charge is 2.42. The van der Waals surface area contributed by atoms with Gasteiger partial charge in [-0.15, -0.1) is 0 Å². The fourth-order valence-corrected chi connectivity index (χ4v) is 2.63. The van der Waals surface area contributed by atoms with E-state index in [1.54, 1.807) is 4.90 Å². The van der Waals surface area contributed by atoms with Crippen LogP contribution in [0.15, 0.2) is 24.3 Å². The van der Waals surface area contributed by atoms with Crippen LogP contribution in [0.2, 0.25) is 0 Å². The third kappa shape index (κ3) is 1.73. The Kier molecular flexibility index (Phi) is 2.42. The molecule has 1 unspecified atom stereocenters. The van der Waals surface area contributed by atoms with Gasteiger partial charge in [-0.05, 0) is 24.1 Å². The molecule has 2 heterocycles. The predicted molar refractivity (Wildman–Crippen MR) is 63.1 cm³/mol. The molecule has 0 bridgehead atoms. The highest BCUT2D eigenvalue weighted by atomic mass is 16.3. The molecule has 0 aliphatic carbocycles. The van der Waals surface area contributed by atoms with Crippen LogP contribution >= 0.6 is 0 Å². The molecular formula is C13H16N2O2. The average Bonchev–Trinajstić information content (AvgIpc) is 2.94. The topological polar surface area (TPSA) is 52.6 Å². The number of benzene rings is 1. The highest BCUT2D eigenvalue weighted by Crippen LogP contribution is 2.26. The van der Waals surface area contributed by atoms with Crippen LogP contribution < -0.4 is 5.32 Å². The summed E-state index contributed by atoms with van der Waals surface area (Å²) >= 11 is 0. The molecular weight excluding hydrogens is 216 g/mol. The van der Waals surface area contributed by atoms with Crippen LogP contribution in [0.5, 0.6) is 0 Å². The molecule has 1 fully saturated rings. The van der Waals surface area contributed by atoms with Crippen LogP contribution in [0.25, 0.3) is 0 Å². The molecule has 0 spiro atoms. The zero-order chi connectivity index (χ0) is 11.9. The zero-order valence-corrected chi connectivity index (χ0v) is 9.65. The Morgan fingerprint density at radius 3 is 2.47 bits per heavy atom. The Labute approximate surface area is 100 Å². The minimum Gasteiger partial charge on any atom is -0.379 e. The largest absolute Gasteiger partial charge is 0.379 e. The standard InChI is InChI=1S/C13H16N2O2/c16-12(13(17)5-6-14-9-13)15-7-10-3-1-2-4-11(10)8-15/h1-4,14,17H,5-9H2. The maximum atomic E-state index is 12.3. The van der Waals surface area contributed by atoms with Crippen molar-refractivity contribution in [3.05, 3.63) is 35.4 Å². The van der Waals surface area contributed by atoms with Crippen LogP contribution in [0.4, 0.5) is 0 Å². The number of β-amino-alcohol motifs (C(OH)–C–C–N with tert-alkyl or cyclic N) is 1. The Bertz CT molecular complexity index is 427. The highest BCUT2D eigenvalue weighted by molar-refractivity contribution is 5.86. The number of hydrogen-bond acceptors (Lipinski definition) is 3. The maximum absolute atomic E-state index is 12.3. The summed E-state index contributed by atoms with van der Waals surface area (Å²) in [5.74, 6) is -0.140. The van der Waals surface area contributed by atoms with E-state index in [9.17, 15) is 9.90 Å². The van der Waals surface area contributed by atoms with Crippen molar-refractivity contribution in [1.29, 1.82) is 0 Å². The van der Waals surface area contributed by atoms with Crippen LogP contribution in [-0.4, -0.2) is 34.6 Å². The minimum absolute atomic E-state index is 0.140. The molecule has 2 aliphatic heterocycles. The monoisotopic (exact) mass is 232 g/mol. The van der Waals surface area contributed by atoms with Crippen molar-refractivity contribution in [1.82, 2.24) is 10.2 Å². The molecule has 2 N–H and O–H groups in total. The van der Waals surface area contributed by atoms with Gasteiger partial charge in [0.2, 0.25) is 0 Å². The lowest BCUT2D eigenvalue weighted by Gasteiger charge is -2.26. The Morgan fingerprint density at radius 2 is 1.94 bits per heavy atom. The second kappa shape index (κ2) is 3.82. The summed E-state index contributed by atoms with van der Waals surface area (Å²) in [4.78, 5) is 14.0. The van der Waals surface area contributed by atoms with E-state index in [1.165, 1.54) is 11.1 Å². The third-order valence-electron chi connectivity index (χ3n) is 3.66. The number of nitrogens with one attached hydrogen (secondary N) is 1.